The number of nitrogens with zero attached hydrogens (tertiary/aromatic N) is 1. The van der Waals surface area contributed by atoms with Crippen molar-refractivity contribution < 1.29 is 55.3 Å². The summed E-state index contributed by atoms with van der Waals surface area (Å²) >= 11 is 0. The first-order valence-corrected chi connectivity index (χ1v) is 11.3. The Balaban J connectivity index is 1.45. The van der Waals surface area contributed by atoms with Crippen LogP contribution >= 0.6 is 0 Å². The average molecular weight is 536 g/mol. The summed E-state index contributed by atoms with van der Waals surface area (Å²) in [5.41, 5.74) is 0. The van der Waals surface area contributed by atoms with Gasteiger partial charge in [-0.3, -0.25) is 24.1 Å². The first-order chi connectivity index (χ1) is 17.6. The van der Waals surface area contributed by atoms with Crippen molar-refractivity contribution >= 4 is 23.7 Å². The lowest BCUT2D eigenvalue weighted by Gasteiger charge is -2.13. The van der Waals surface area contributed by atoms with Crippen LogP contribution in [0, 0.1) is 29.1 Å². The molecular formula is C23H25F5N2O7. The van der Waals surface area contributed by atoms with E-state index >= 15 is 0 Å². The molecule has 0 saturated carbocycles. The summed E-state index contributed by atoms with van der Waals surface area (Å²) in [4.78, 5) is 47.3. The summed E-state index contributed by atoms with van der Waals surface area (Å²) in [5.74, 6) is -15.1. The predicted octanol–water partition coefficient (Wildman–Crippen LogP) is 2.31. The smallest absolute Gasteiger partial charge is 0.313 e. The molecule has 1 aliphatic rings. The fraction of sp³-hybridized carbons (Fsp3) is 0.478. The monoisotopic (exact) mass is 536 g/mol. The summed E-state index contributed by atoms with van der Waals surface area (Å²) in [6.45, 7) is 0.616. The third kappa shape index (κ3) is 9.21. The fourth-order valence-corrected chi connectivity index (χ4v) is 3.05. The number of amides is 3. The van der Waals surface area contributed by atoms with E-state index in [1.807, 2.05) is 0 Å². The van der Waals surface area contributed by atoms with E-state index in [4.69, 9.17) is 9.47 Å². The molecule has 0 radical (unpaired) electrons. The maximum Gasteiger partial charge on any atom is 0.313 e. The molecule has 9 nitrogen and oxygen atoms in total. The van der Waals surface area contributed by atoms with Crippen LogP contribution in [0.1, 0.15) is 32.1 Å². The van der Waals surface area contributed by atoms with Crippen molar-refractivity contribution in [1.29, 1.82) is 0 Å². The molecule has 204 valence electrons. The Morgan fingerprint density at radius 1 is 0.730 bits per heavy atom. The number of esters is 1. The van der Waals surface area contributed by atoms with Crippen LogP contribution in [-0.2, 0) is 28.7 Å². The molecule has 0 unspecified atom stereocenters. The lowest BCUT2D eigenvalue weighted by Crippen LogP contribution is -2.31. The lowest BCUT2D eigenvalue weighted by atomic mass is 10.2. The number of carbonyl (C=O) groups excluding carboxylic acids is 4. The van der Waals surface area contributed by atoms with E-state index in [2.05, 4.69) is 10.1 Å². The zero-order chi connectivity index (χ0) is 27.4. The highest BCUT2D eigenvalue weighted by atomic mass is 19.2. The minimum atomic E-state index is -2.36. The minimum absolute atomic E-state index is 0.0291. The zero-order valence-electron chi connectivity index (χ0n) is 19.6. The molecule has 0 fully saturated rings. The van der Waals surface area contributed by atoms with Crippen LogP contribution in [0.5, 0.6) is 5.75 Å². The number of carbonyl (C=O) groups is 4. The second-order valence-electron chi connectivity index (χ2n) is 7.67. The van der Waals surface area contributed by atoms with Gasteiger partial charge < -0.3 is 19.5 Å². The summed E-state index contributed by atoms with van der Waals surface area (Å²) in [5, 5.41) is 2.66. The topological polar surface area (TPSA) is 111 Å². The van der Waals surface area contributed by atoms with Crippen LogP contribution in [-0.4, -0.2) is 68.1 Å². The van der Waals surface area contributed by atoms with Gasteiger partial charge in [-0.05, 0) is 12.8 Å². The van der Waals surface area contributed by atoms with Gasteiger partial charge in [-0.15, -0.1) is 0 Å². The molecule has 1 aliphatic heterocycles. The van der Waals surface area contributed by atoms with Gasteiger partial charge in [0.25, 0.3) is 11.8 Å². The Morgan fingerprint density at radius 2 is 1.30 bits per heavy atom. The predicted molar refractivity (Wildman–Crippen MR) is 115 cm³/mol. The molecular weight excluding hydrogens is 511 g/mol. The number of imide groups is 1. The van der Waals surface area contributed by atoms with Gasteiger partial charge in [-0.2, -0.15) is 8.78 Å². The van der Waals surface area contributed by atoms with Crippen LogP contribution < -0.4 is 10.1 Å². The van der Waals surface area contributed by atoms with E-state index in [9.17, 15) is 41.1 Å². The summed E-state index contributed by atoms with van der Waals surface area (Å²) in [7, 11) is 0. The molecule has 0 aliphatic carbocycles. The van der Waals surface area contributed by atoms with Crippen LogP contribution in [0.25, 0.3) is 0 Å². The second kappa shape index (κ2) is 15.0. The maximum atomic E-state index is 13.5. The number of halogens is 5. The second-order valence-corrected chi connectivity index (χ2v) is 7.67. The highest BCUT2D eigenvalue weighted by Gasteiger charge is 2.28. The summed E-state index contributed by atoms with van der Waals surface area (Å²) in [6, 6.07) is 0. The third-order valence-electron chi connectivity index (χ3n) is 4.96. The van der Waals surface area contributed by atoms with Gasteiger partial charge in [0.1, 0.15) is 0 Å². The SMILES string of the molecule is O=C(CCCCCN1C(=O)C=CC1=O)NCCOCCOCCC(=O)Oc1c(F)c(F)c(F)c(F)c1F. The van der Waals surface area contributed by atoms with Crippen molar-refractivity contribution in [2.45, 2.75) is 32.1 Å². The number of benzene rings is 1. The van der Waals surface area contributed by atoms with Crippen molar-refractivity contribution in [3.8, 4) is 5.75 Å². The first kappa shape index (κ1) is 29.8. The van der Waals surface area contributed by atoms with Crippen LogP contribution in [0.4, 0.5) is 22.0 Å². The normalized spacial score (nSPS) is 12.9. The van der Waals surface area contributed by atoms with Gasteiger partial charge in [0, 0.05) is 31.7 Å². The molecule has 0 spiro atoms. The molecule has 0 saturated heterocycles. The van der Waals surface area contributed by atoms with Crippen molar-refractivity contribution in [2.24, 2.45) is 0 Å². The zero-order valence-corrected chi connectivity index (χ0v) is 19.6. The molecule has 1 N–H and O–H groups in total. The molecule has 0 aromatic heterocycles. The highest BCUT2D eigenvalue weighted by molar-refractivity contribution is 6.12. The molecule has 37 heavy (non-hydrogen) atoms. The molecule has 14 heteroatoms. The molecule has 1 heterocycles. The molecule has 0 atom stereocenters. The Labute approximate surface area is 208 Å². The molecule has 1 aromatic rings. The number of hydrogen-bond donors (Lipinski definition) is 1. The highest BCUT2D eigenvalue weighted by Crippen LogP contribution is 2.29. The summed E-state index contributed by atoms with van der Waals surface area (Å²) in [6.07, 6.45) is 4.08. The van der Waals surface area contributed by atoms with Crippen LogP contribution in [0.15, 0.2) is 12.2 Å². The standard InChI is InChI=1S/C23H25F5N2O7/c24-18-19(25)21(27)23(22(28)20(18)26)37-17(34)7-10-35-12-13-36-11-8-29-14(31)4-2-1-3-9-30-15(32)5-6-16(30)33/h5-6H,1-4,7-13H2,(H,29,31). The van der Waals surface area contributed by atoms with E-state index in [0.717, 1.165) is 4.90 Å². The van der Waals surface area contributed by atoms with Crippen molar-refractivity contribution in [3.63, 3.8) is 0 Å². The van der Waals surface area contributed by atoms with E-state index < -0.39 is 47.2 Å². The average Bonchev–Trinajstić information content (AvgIpc) is 3.19. The lowest BCUT2D eigenvalue weighted by molar-refractivity contribution is -0.137. The van der Waals surface area contributed by atoms with Gasteiger partial charge in [0.15, 0.2) is 0 Å². The Bertz CT molecular complexity index is 988. The van der Waals surface area contributed by atoms with E-state index in [1.165, 1.54) is 12.2 Å². The number of nitrogens with one attached hydrogen (secondary N) is 1. The van der Waals surface area contributed by atoms with E-state index in [1.54, 1.807) is 0 Å². The van der Waals surface area contributed by atoms with Crippen molar-refractivity contribution in [2.75, 3.05) is 39.5 Å². The van der Waals surface area contributed by atoms with Gasteiger partial charge in [0.05, 0.1) is 32.8 Å². The largest absolute Gasteiger partial charge is 0.420 e. The quantitative estimate of drug-likeness (QED) is 0.0657. The Hall–Kier alpha value is -3.39. The Kier molecular flexibility index (Phi) is 12.1. The van der Waals surface area contributed by atoms with Gasteiger partial charge in [-0.1, -0.05) is 6.42 Å². The Morgan fingerprint density at radius 3 is 1.92 bits per heavy atom. The minimum Gasteiger partial charge on any atom is -0.420 e. The van der Waals surface area contributed by atoms with Gasteiger partial charge >= 0.3 is 5.97 Å². The van der Waals surface area contributed by atoms with E-state index in [-0.39, 0.29) is 57.1 Å². The van der Waals surface area contributed by atoms with Gasteiger partial charge in [-0.25, -0.2) is 13.2 Å². The number of hydrogen-bond acceptors (Lipinski definition) is 7. The van der Waals surface area contributed by atoms with E-state index in [0.29, 0.717) is 25.8 Å². The van der Waals surface area contributed by atoms with Gasteiger partial charge in [0.2, 0.25) is 40.7 Å². The molecule has 3 amide bonds. The molecule has 1 aromatic carbocycles. The van der Waals surface area contributed by atoms with Crippen LogP contribution in [0.2, 0.25) is 0 Å². The summed E-state index contributed by atoms with van der Waals surface area (Å²) < 4.78 is 80.6. The number of unbranched alkanes of at least 4 members (excludes halogenated alkanes) is 2. The first-order valence-electron chi connectivity index (χ1n) is 11.3. The fourth-order valence-electron chi connectivity index (χ4n) is 3.05. The maximum absolute atomic E-state index is 13.5. The third-order valence-corrected chi connectivity index (χ3v) is 4.96. The van der Waals surface area contributed by atoms with Crippen molar-refractivity contribution in [1.82, 2.24) is 10.2 Å². The van der Waals surface area contributed by atoms with Crippen LogP contribution in [0.3, 0.4) is 0 Å². The van der Waals surface area contributed by atoms with Crippen molar-refractivity contribution in [3.05, 3.63) is 41.2 Å². The number of rotatable bonds is 16. The molecule has 2 rings (SSSR count). The molecule has 0 bridgehead atoms. The number of ether oxygens (including phenoxy) is 3.